The predicted octanol–water partition coefficient (Wildman–Crippen LogP) is 3.04. The smallest absolute Gasteiger partial charge is 0.349 e. The number of nitrogens with zero attached hydrogens (tertiary/aromatic N) is 1. The Bertz CT molecular complexity index is 685. The Kier molecular flexibility index (Phi) is 5.42. The first-order valence-corrected chi connectivity index (χ1v) is 7.45. The molecule has 0 bridgehead atoms. The van der Waals surface area contributed by atoms with Crippen LogP contribution in [0.15, 0.2) is 30.4 Å². The van der Waals surface area contributed by atoms with Crippen molar-refractivity contribution in [2.24, 2.45) is 0 Å². The molecule has 1 unspecified atom stereocenters. The van der Waals surface area contributed by atoms with E-state index in [0.29, 0.717) is 17.9 Å². The van der Waals surface area contributed by atoms with Gasteiger partial charge >= 0.3 is 5.97 Å². The minimum atomic E-state index is -0.690. The zero-order valence-electron chi connectivity index (χ0n) is 13.3. The summed E-state index contributed by atoms with van der Waals surface area (Å²) in [4.78, 5) is 11.9. The van der Waals surface area contributed by atoms with Gasteiger partial charge in [-0.3, -0.25) is 0 Å². The number of hydrogen-bond donors (Lipinski definition) is 0. The lowest BCUT2D eigenvalue weighted by Crippen LogP contribution is -2.07. The van der Waals surface area contributed by atoms with E-state index in [2.05, 4.69) is 6.58 Å². The van der Waals surface area contributed by atoms with Gasteiger partial charge in [0.15, 0.2) is 0 Å². The Labute approximate surface area is 135 Å². The van der Waals surface area contributed by atoms with E-state index < -0.39 is 5.97 Å². The van der Waals surface area contributed by atoms with Gasteiger partial charge in [-0.25, -0.2) is 4.79 Å². The maximum Gasteiger partial charge on any atom is 0.349 e. The van der Waals surface area contributed by atoms with Crippen molar-refractivity contribution in [3.63, 3.8) is 0 Å². The monoisotopic (exact) mass is 313 g/mol. The minimum Gasteiger partial charge on any atom is -0.493 e. The van der Waals surface area contributed by atoms with Crippen LogP contribution in [0.25, 0.3) is 6.08 Å². The molecule has 1 aliphatic rings. The highest BCUT2D eigenvalue weighted by molar-refractivity contribution is 5.98. The van der Waals surface area contributed by atoms with Gasteiger partial charge in [-0.1, -0.05) is 12.7 Å². The summed E-state index contributed by atoms with van der Waals surface area (Å²) in [5.74, 6) is 0.682. The van der Waals surface area contributed by atoms with Gasteiger partial charge in [-0.15, -0.1) is 0 Å². The molecule has 0 saturated heterocycles. The van der Waals surface area contributed by atoms with Crippen LogP contribution in [0.3, 0.4) is 0 Å². The molecule has 5 heteroatoms. The second kappa shape index (κ2) is 7.50. The van der Waals surface area contributed by atoms with Gasteiger partial charge in [0, 0.05) is 17.5 Å². The summed E-state index contributed by atoms with van der Waals surface area (Å²) in [5.41, 5.74) is 1.58. The van der Waals surface area contributed by atoms with Crippen molar-refractivity contribution < 1.29 is 19.0 Å². The third-order valence-corrected chi connectivity index (χ3v) is 3.30. The summed E-state index contributed by atoms with van der Waals surface area (Å²) in [5, 5.41) is 9.20. The quantitative estimate of drug-likeness (QED) is 0.349. The van der Waals surface area contributed by atoms with Gasteiger partial charge in [-0.05, 0) is 32.1 Å². The molecule has 0 amide bonds. The zero-order valence-corrected chi connectivity index (χ0v) is 13.3. The molecule has 120 valence electrons. The molecule has 0 radical (unpaired) electrons. The van der Waals surface area contributed by atoms with Crippen molar-refractivity contribution in [1.29, 1.82) is 5.26 Å². The highest BCUT2D eigenvalue weighted by atomic mass is 16.5. The Morgan fingerprint density at radius 1 is 1.57 bits per heavy atom. The summed E-state index contributed by atoms with van der Waals surface area (Å²) in [6.45, 7) is 7.88. The molecule has 1 heterocycles. The molecule has 0 fully saturated rings. The first kappa shape index (κ1) is 16.6. The fourth-order valence-corrected chi connectivity index (χ4v) is 2.35. The predicted molar refractivity (Wildman–Crippen MR) is 86.2 cm³/mol. The summed E-state index contributed by atoms with van der Waals surface area (Å²) >= 11 is 0. The van der Waals surface area contributed by atoms with Crippen LogP contribution in [0, 0.1) is 11.3 Å². The van der Waals surface area contributed by atoms with Gasteiger partial charge in [0.05, 0.1) is 6.61 Å². The third kappa shape index (κ3) is 3.92. The van der Waals surface area contributed by atoms with Crippen LogP contribution >= 0.6 is 0 Å². The van der Waals surface area contributed by atoms with Gasteiger partial charge in [-0.2, -0.15) is 5.26 Å². The molecule has 0 aromatic heterocycles. The molecule has 0 N–H and O–H groups in total. The molecule has 1 aromatic carbocycles. The van der Waals surface area contributed by atoms with Crippen LogP contribution in [0.1, 0.15) is 25.0 Å². The molecule has 1 aromatic rings. The average molecular weight is 313 g/mol. The van der Waals surface area contributed by atoms with Crippen molar-refractivity contribution >= 4 is 12.0 Å². The molecule has 1 atom stereocenters. The number of esters is 1. The lowest BCUT2D eigenvalue weighted by molar-refractivity contribution is -0.137. The van der Waals surface area contributed by atoms with E-state index >= 15 is 0 Å². The highest BCUT2D eigenvalue weighted by Crippen LogP contribution is 2.36. The van der Waals surface area contributed by atoms with E-state index in [0.717, 1.165) is 17.7 Å². The summed E-state index contributed by atoms with van der Waals surface area (Å²) in [6.07, 6.45) is 3.82. The molecule has 2 rings (SSSR count). The van der Waals surface area contributed by atoms with Gasteiger partial charge in [0.1, 0.15) is 35.9 Å². The first-order chi connectivity index (χ1) is 11.1. The number of ether oxygens (including phenoxy) is 3. The Hall–Kier alpha value is -2.74. The highest BCUT2D eigenvalue weighted by Gasteiger charge is 2.22. The largest absolute Gasteiger partial charge is 0.493 e. The standard InChI is InChI=1S/C18H19NO4/c1-4-6-22-18(20)15(11-19)8-14-10-17-13(7-12(3)23-17)9-16(14)21-5-2/h4,8-10,12H,1,5-7H2,2-3H3. The minimum absolute atomic E-state index is 0.0565. The van der Waals surface area contributed by atoms with Crippen molar-refractivity contribution in [1.82, 2.24) is 0 Å². The topological polar surface area (TPSA) is 68.6 Å². The second-order valence-corrected chi connectivity index (χ2v) is 5.12. The molecule has 0 aliphatic carbocycles. The molecule has 5 nitrogen and oxygen atoms in total. The maximum absolute atomic E-state index is 11.9. The normalized spacial score (nSPS) is 16.0. The molecule has 0 saturated carbocycles. The SMILES string of the molecule is C=CCOC(=O)C(C#N)=Cc1cc2c(cc1OCC)CC(C)O2. The van der Waals surface area contributed by atoms with E-state index in [1.807, 2.05) is 26.0 Å². The van der Waals surface area contributed by atoms with Gasteiger partial charge < -0.3 is 14.2 Å². The second-order valence-electron chi connectivity index (χ2n) is 5.12. The number of benzene rings is 1. The first-order valence-electron chi connectivity index (χ1n) is 7.45. The van der Waals surface area contributed by atoms with Crippen LogP contribution < -0.4 is 9.47 Å². The van der Waals surface area contributed by atoms with Crippen LogP contribution in [0.2, 0.25) is 0 Å². The number of carbonyl (C=O) groups excluding carboxylic acids is 1. The molecule has 0 spiro atoms. The molecular weight excluding hydrogens is 294 g/mol. The summed E-state index contributed by atoms with van der Waals surface area (Å²) in [6, 6.07) is 5.56. The fraction of sp³-hybridized carbons (Fsp3) is 0.333. The number of carbonyl (C=O) groups is 1. The Balaban J connectivity index is 2.38. The number of rotatable bonds is 6. The fourth-order valence-electron chi connectivity index (χ4n) is 2.35. The maximum atomic E-state index is 11.9. The van der Waals surface area contributed by atoms with Crippen molar-refractivity contribution in [3.05, 3.63) is 41.5 Å². The van der Waals surface area contributed by atoms with E-state index in [9.17, 15) is 10.1 Å². The van der Waals surface area contributed by atoms with Gasteiger partial charge in [0.25, 0.3) is 0 Å². The number of hydrogen-bond acceptors (Lipinski definition) is 5. The van der Waals surface area contributed by atoms with E-state index in [4.69, 9.17) is 14.2 Å². The Morgan fingerprint density at radius 3 is 3.00 bits per heavy atom. The third-order valence-electron chi connectivity index (χ3n) is 3.30. The Morgan fingerprint density at radius 2 is 2.35 bits per heavy atom. The van der Waals surface area contributed by atoms with E-state index in [-0.39, 0.29) is 18.3 Å². The number of fused-ring (bicyclic) bond motifs is 1. The van der Waals surface area contributed by atoms with E-state index in [1.165, 1.54) is 12.2 Å². The van der Waals surface area contributed by atoms with Crippen molar-refractivity contribution in [2.45, 2.75) is 26.4 Å². The summed E-state index contributed by atoms with van der Waals surface area (Å²) < 4.78 is 16.3. The van der Waals surface area contributed by atoms with E-state index in [1.54, 1.807) is 6.07 Å². The zero-order chi connectivity index (χ0) is 16.8. The lowest BCUT2D eigenvalue weighted by Gasteiger charge is -2.10. The lowest BCUT2D eigenvalue weighted by atomic mass is 10.0. The van der Waals surface area contributed by atoms with Crippen molar-refractivity contribution in [2.75, 3.05) is 13.2 Å². The van der Waals surface area contributed by atoms with Crippen LogP contribution in [0.4, 0.5) is 0 Å². The molecular formula is C18H19NO4. The van der Waals surface area contributed by atoms with Gasteiger partial charge in [0.2, 0.25) is 0 Å². The van der Waals surface area contributed by atoms with Crippen LogP contribution in [-0.4, -0.2) is 25.3 Å². The molecule has 23 heavy (non-hydrogen) atoms. The van der Waals surface area contributed by atoms with Crippen LogP contribution in [-0.2, 0) is 16.0 Å². The average Bonchev–Trinajstić information content (AvgIpc) is 2.89. The van der Waals surface area contributed by atoms with Crippen LogP contribution in [0.5, 0.6) is 11.5 Å². The molecule has 1 aliphatic heterocycles. The number of nitriles is 1. The van der Waals surface area contributed by atoms with Crippen molar-refractivity contribution in [3.8, 4) is 17.6 Å². The summed E-state index contributed by atoms with van der Waals surface area (Å²) in [7, 11) is 0.